The number of benzene rings is 1. The van der Waals surface area contributed by atoms with E-state index in [0.717, 1.165) is 76.0 Å². The lowest BCUT2D eigenvalue weighted by Gasteiger charge is -2.29. The van der Waals surface area contributed by atoms with E-state index in [1.807, 2.05) is 6.08 Å². The number of hydrogen-bond donors (Lipinski definition) is 1. The van der Waals surface area contributed by atoms with E-state index in [9.17, 15) is 0 Å². The highest BCUT2D eigenvalue weighted by Gasteiger charge is 2.19. The van der Waals surface area contributed by atoms with Crippen LogP contribution in [0.15, 0.2) is 29.8 Å². The minimum absolute atomic E-state index is 0.788. The molecule has 0 amide bonds. The van der Waals surface area contributed by atoms with Gasteiger partial charge in [-0.2, -0.15) is 0 Å². The molecule has 1 aromatic carbocycles. The summed E-state index contributed by atoms with van der Waals surface area (Å²) in [6.45, 7) is 11.5. The van der Waals surface area contributed by atoms with Gasteiger partial charge in [-0.05, 0) is 49.4 Å². The Morgan fingerprint density at radius 1 is 1.29 bits per heavy atom. The van der Waals surface area contributed by atoms with Gasteiger partial charge < -0.3 is 19.7 Å². The third kappa shape index (κ3) is 6.16. The molecule has 1 N–H and O–H groups in total. The van der Waals surface area contributed by atoms with Gasteiger partial charge in [0.2, 0.25) is 0 Å². The van der Waals surface area contributed by atoms with Crippen LogP contribution in [0.25, 0.3) is 0 Å². The summed E-state index contributed by atoms with van der Waals surface area (Å²) in [5.74, 6) is 2.60. The van der Waals surface area contributed by atoms with Gasteiger partial charge in [-0.25, -0.2) is 0 Å². The molecule has 0 atom stereocenters. The van der Waals surface area contributed by atoms with Gasteiger partial charge in [0.25, 0.3) is 0 Å². The fourth-order valence-electron chi connectivity index (χ4n) is 3.48. The summed E-state index contributed by atoms with van der Waals surface area (Å²) in [4.78, 5) is 9.48. The average Bonchev–Trinajstić information content (AvgIpc) is 2.72. The van der Waals surface area contributed by atoms with Crippen LogP contribution in [0.5, 0.6) is 11.5 Å². The van der Waals surface area contributed by atoms with E-state index in [-0.39, 0.29) is 0 Å². The fraction of sp³-hybridized carbons (Fsp3) is 0.591. The maximum absolute atomic E-state index is 5.46. The quantitative estimate of drug-likeness (QED) is 0.289. The SMILES string of the molecule is C=CCCCN(C)C(=NCCN1CCc2cc(OC)c(OC)cc2C1)NCC. The van der Waals surface area contributed by atoms with Crippen molar-refractivity contribution in [2.45, 2.75) is 32.7 Å². The summed E-state index contributed by atoms with van der Waals surface area (Å²) >= 11 is 0. The molecule has 0 aliphatic carbocycles. The second-order valence-corrected chi connectivity index (χ2v) is 7.09. The maximum atomic E-state index is 5.46. The second-order valence-electron chi connectivity index (χ2n) is 7.09. The van der Waals surface area contributed by atoms with Crippen molar-refractivity contribution in [1.29, 1.82) is 0 Å². The number of ether oxygens (including phenoxy) is 2. The average molecular weight is 389 g/mol. The summed E-state index contributed by atoms with van der Waals surface area (Å²) in [7, 11) is 5.47. The van der Waals surface area contributed by atoms with Crippen molar-refractivity contribution < 1.29 is 9.47 Å². The van der Waals surface area contributed by atoms with E-state index in [4.69, 9.17) is 14.5 Å². The molecule has 1 aromatic rings. The van der Waals surface area contributed by atoms with Crippen molar-refractivity contribution >= 4 is 5.96 Å². The zero-order valence-corrected chi connectivity index (χ0v) is 18.0. The van der Waals surface area contributed by atoms with Crippen molar-refractivity contribution in [3.8, 4) is 11.5 Å². The lowest BCUT2D eigenvalue weighted by Crippen LogP contribution is -2.40. The first-order chi connectivity index (χ1) is 13.6. The van der Waals surface area contributed by atoms with Gasteiger partial charge in [0.05, 0.1) is 20.8 Å². The van der Waals surface area contributed by atoms with Gasteiger partial charge in [0.15, 0.2) is 17.5 Å². The molecular formula is C22H36N4O2. The smallest absolute Gasteiger partial charge is 0.193 e. The molecule has 1 heterocycles. The molecule has 28 heavy (non-hydrogen) atoms. The van der Waals surface area contributed by atoms with E-state index >= 15 is 0 Å². The molecule has 0 spiro atoms. The van der Waals surface area contributed by atoms with Crippen LogP contribution >= 0.6 is 0 Å². The van der Waals surface area contributed by atoms with Gasteiger partial charge in [-0.1, -0.05) is 6.08 Å². The molecule has 0 saturated heterocycles. The van der Waals surface area contributed by atoms with Gasteiger partial charge in [-0.3, -0.25) is 9.89 Å². The van der Waals surface area contributed by atoms with Crippen LogP contribution < -0.4 is 14.8 Å². The summed E-state index contributed by atoms with van der Waals surface area (Å²) in [5.41, 5.74) is 2.68. The lowest BCUT2D eigenvalue weighted by atomic mass is 9.99. The molecule has 1 aliphatic heterocycles. The maximum Gasteiger partial charge on any atom is 0.193 e. The van der Waals surface area contributed by atoms with Crippen LogP contribution in [-0.4, -0.2) is 69.8 Å². The van der Waals surface area contributed by atoms with Crippen molar-refractivity contribution in [3.05, 3.63) is 35.9 Å². The number of fused-ring (bicyclic) bond motifs is 1. The van der Waals surface area contributed by atoms with Gasteiger partial charge >= 0.3 is 0 Å². The summed E-state index contributed by atoms with van der Waals surface area (Å²) in [6, 6.07) is 4.23. The summed E-state index contributed by atoms with van der Waals surface area (Å²) < 4.78 is 10.9. The number of guanidine groups is 1. The predicted octanol–water partition coefficient (Wildman–Crippen LogP) is 2.93. The molecule has 2 rings (SSSR count). The fourth-order valence-corrected chi connectivity index (χ4v) is 3.48. The predicted molar refractivity (Wildman–Crippen MR) is 117 cm³/mol. The minimum Gasteiger partial charge on any atom is -0.493 e. The van der Waals surface area contributed by atoms with Crippen LogP contribution in [0.2, 0.25) is 0 Å². The van der Waals surface area contributed by atoms with Gasteiger partial charge in [-0.15, -0.1) is 6.58 Å². The Morgan fingerprint density at radius 3 is 2.64 bits per heavy atom. The zero-order chi connectivity index (χ0) is 20.4. The number of rotatable bonds is 10. The Kier molecular flexibility index (Phi) is 9.14. The summed E-state index contributed by atoms with van der Waals surface area (Å²) in [5, 5.41) is 3.39. The van der Waals surface area contributed by atoms with E-state index in [0.29, 0.717) is 0 Å². The van der Waals surface area contributed by atoms with Crippen molar-refractivity contribution in [2.24, 2.45) is 4.99 Å². The zero-order valence-electron chi connectivity index (χ0n) is 18.0. The number of nitrogens with zero attached hydrogens (tertiary/aromatic N) is 3. The molecule has 6 heteroatoms. The van der Waals surface area contributed by atoms with Crippen molar-refractivity contribution in [3.63, 3.8) is 0 Å². The van der Waals surface area contributed by atoms with Gasteiger partial charge in [0, 0.05) is 39.8 Å². The highest BCUT2D eigenvalue weighted by atomic mass is 16.5. The largest absolute Gasteiger partial charge is 0.493 e. The molecule has 6 nitrogen and oxygen atoms in total. The van der Waals surface area contributed by atoms with Crippen LogP contribution in [0, 0.1) is 0 Å². The summed E-state index contributed by atoms with van der Waals surface area (Å²) in [6.07, 6.45) is 5.13. The Hall–Kier alpha value is -2.21. The van der Waals surface area contributed by atoms with E-state index < -0.39 is 0 Å². The second kappa shape index (κ2) is 11.6. The molecule has 156 valence electrons. The number of nitrogens with one attached hydrogen (secondary N) is 1. The van der Waals surface area contributed by atoms with E-state index in [1.54, 1.807) is 14.2 Å². The number of hydrogen-bond acceptors (Lipinski definition) is 4. The third-order valence-corrected chi connectivity index (χ3v) is 5.07. The highest BCUT2D eigenvalue weighted by molar-refractivity contribution is 5.79. The molecule has 1 aliphatic rings. The monoisotopic (exact) mass is 388 g/mol. The molecule has 0 bridgehead atoms. The standard InChI is InChI=1S/C22H36N4O2/c1-6-8-9-12-25(3)22(23-7-2)24-11-14-26-13-10-18-15-20(27-4)21(28-5)16-19(18)17-26/h6,15-16H,1,7-14,17H2,2-5H3,(H,23,24). The van der Waals surface area contributed by atoms with Crippen molar-refractivity contribution in [1.82, 2.24) is 15.1 Å². The van der Waals surface area contributed by atoms with Gasteiger partial charge in [0.1, 0.15) is 0 Å². The normalized spacial score (nSPS) is 14.4. The minimum atomic E-state index is 0.788. The highest BCUT2D eigenvalue weighted by Crippen LogP contribution is 2.33. The lowest BCUT2D eigenvalue weighted by molar-refractivity contribution is 0.259. The Labute approximate surface area is 170 Å². The number of allylic oxidation sites excluding steroid dienone is 1. The van der Waals surface area contributed by atoms with Crippen LogP contribution in [0.4, 0.5) is 0 Å². The molecule has 0 radical (unpaired) electrons. The van der Waals surface area contributed by atoms with Crippen LogP contribution in [0.3, 0.4) is 0 Å². The Bertz CT molecular complexity index is 660. The molecule has 0 unspecified atom stereocenters. The van der Waals surface area contributed by atoms with E-state index in [1.165, 1.54) is 11.1 Å². The molecule has 0 saturated carbocycles. The van der Waals surface area contributed by atoms with E-state index in [2.05, 4.69) is 47.8 Å². The number of methoxy groups -OCH3 is 2. The number of unbranched alkanes of at least 4 members (excludes halogenated alkanes) is 1. The Balaban J connectivity index is 1.93. The first-order valence-corrected chi connectivity index (χ1v) is 10.2. The molecule has 0 fully saturated rings. The molecular weight excluding hydrogens is 352 g/mol. The van der Waals surface area contributed by atoms with Crippen molar-refractivity contribution in [2.75, 3.05) is 54.0 Å². The number of aliphatic imine (C=N–C) groups is 1. The Morgan fingerprint density at radius 2 is 2.00 bits per heavy atom. The molecule has 0 aromatic heterocycles. The topological polar surface area (TPSA) is 49.3 Å². The third-order valence-electron chi connectivity index (χ3n) is 5.07. The first-order valence-electron chi connectivity index (χ1n) is 10.2. The van der Waals surface area contributed by atoms with Crippen LogP contribution in [-0.2, 0) is 13.0 Å². The van der Waals surface area contributed by atoms with Crippen LogP contribution in [0.1, 0.15) is 30.9 Å². The first kappa shape index (κ1) is 22.1.